The lowest BCUT2D eigenvalue weighted by Gasteiger charge is -2.29. The van der Waals surface area contributed by atoms with E-state index in [0.29, 0.717) is 29.6 Å². The van der Waals surface area contributed by atoms with Crippen molar-refractivity contribution in [2.75, 3.05) is 26.6 Å². The number of hydrogen-bond acceptors (Lipinski definition) is 5. The third kappa shape index (κ3) is 4.84. The summed E-state index contributed by atoms with van der Waals surface area (Å²) >= 11 is 4.39. The molecule has 0 spiro atoms. The Balaban J connectivity index is 2.86. The maximum atomic E-state index is 11.5. The number of ether oxygens (including phenoxy) is 3. The standard InChI is InChI=1S/C16H24O4S/c1-16(2,3)12(10-21)9-20-13-7-6-11(15(17)19-5)8-14(13)18-4/h6-8,12,21H,9-10H2,1-5H3. The van der Waals surface area contributed by atoms with Crippen LogP contribution in [0.25, 0.3) is 0 Å². The largest absolute Gasteiger partial charge is 0.493 e. The van der Waals surface area contributed by atoms with Crippen LogP contribution in [0.5, 0.6) is 11.5 Å². The molecule has 21 heavy (non-hydrogen) atoms. The fourth-order valence-electron chi connectivity index (χ4n) is 1.80. The Morgan fingerprint density at radius 1 is 1.24 bits per heavy atom. The molecule has 0 heterocycles. The van der Waals surface area contributed by atoms with Crippen LogP contribution in [0, 0.1) is 11.3 Å². The fourth-order valence-corrected chi connectivity index (χ4v) is 2.45. The van der Waals surface area contributed by atoms with E-state index in [1.54, 1.807) is 25.3 Å². The summed E-state index contributed by atoms with van der Waals surface area (Å²) in [5.41, 5.74) is 0.546. The average molecular weight is 312 g/mol. The highest BCUT2D eigenvalue weighted by molar-refractivity contribution is 7.80. The van der Waals surface area contributed by atoms with Crippen LogP contribution in [0.4, 0.5) is 0 Å². The quantitative estimate of drug-likeness (QED) is 0.645. The SMILES string of the molecule is COC(=O)c1ccc(OCC(CS)C(C)(C)C)c(OC)c1. The maximum absolute atomic E-state index is 11.5. The number of rotatable bonds is 6. The minimum absolute atomic E-state index is 0.112. The van der Waals surface area contributed by atoms with Gasteiger partial charge < -0.3 is 14.2 Å². The van der Waals surface area contributed by atoms with Gasteiger partial charge in [0.1, 0.15) is 0 Å². The van der Waals surface area contributed by atoms with E-state index in [1.165, 1.54) is 7.11 Å². The molecule has 0 saturated heterocycles. The molecule has 1 aromatic rings. The first-order chi connectivity index (χ1) is 9.83. The summed E-state index contributed by atoms with van der Waals surface area (Å²) in [6.45, 7) is 7.03. The Labute approximate surface area is 132 Å². The van der Waals surface area contributed by atoms with Crippen molar-refractivity contribution in [3.8, 4) is 11.5 Å². The van der Waals surface area contributed by atoms with Crippen molar-refractivity contribution in [3.05, 3.63) is 23.8 Å². The van der Waals surface area contributed by atoms with Gasteiger partial charge in [-0.2, -0.15) is 12.6 Å². The molecule has 1 unspecified atom stereocenters. The number of hydrogen-bond donors (Lipinski definition) is 1. The molecule has 0 fully saturated rings. The molecule has 0 aliphatic carbocycles. The molecule has 5 heteroatoms. The van der Waals surface area contributed by atoms with Crippen LogP contribution in [-0.2, 0) is 4.74 Å². The van der Waals surface area contributed by atoms with Gasteiger partial charge in [0.15, 0.2) is 11.5 Å². The van der Waals surface area contributed by atoms with Gasteiger partial charge in [0, 0.05) is 5.92 Å². The van der Waals surface area contributed by atoms with Gasteiger partial charge in [-0.25, -0.2) is 4.79 Å². The van der Waals surface area contributed by atoms with Crippen LogP contribution >= 0.6 is 12.6 Å². The highest BCUT2D eigenvalue weighted by Crippen LogP contribution is 2.32. The van der Waals surface area contributed by atoms with Gasteiger partial charge in [-0.15, -0.1) is 0 Å². The third-order valence-corrected chi connectivity index (χ3v) is 3.91. The zero-order valence-corrected chi connectivity index (χ0v) is 14.2. The van der Waals surface area contributed by atoms with Crippen molar-refractivity contribution in [1.29, 1.82) is 0 Å². The molecule has 4 nitrogen and oxygen atoms in total. The summed E-state index contributed by atoms with van der Waals surface area (Å²) in [5, 5.41) is 0. The van der Waals surface area contributed by atoms with E-state index in [-0.39, 0.29) is 5.41 Å². The van der Waals surface area contributed by atoms with E-state index >= 15 is 0 Å². The van der Waals surface area contributed by atoms with Gasteiger partial charge >= 0.3 is 5.97 Å². The Bertz CT molecular complexity index is 480. The highest BCUT2D eigenvalue weighted by Gasteiger charge is 2.24. The fraction of sp³-hybridized carbons (Fsp3) is 0.562. The smallest absolute Gasteiger partial charge is 0.337 e. The van der Waals surface area contributed by atoms with Crippen molar-refractivity contribution in [3.63, 3.8) is 0 Å². The summed E-state index contributed by atoms with van der Waals surface area (Å²) < 4.78 is 15.8. The first-order valence-corrected chi connectivity index (χ1v) is 7.46. The predicted molar refractivity (Wildman–Crippen MR) is 86.6 cm³/mol. The minimum Gasteiger partial charge on any atom is -0.493 e. The van der Waals surface area contributed by atoms with E-state index in [4.69, 9.17) is 14.2 Å². The van der Waals surface area contributed by atoms with Crippen LogP contribution in [0.1, 0.15) is 31.1 Å². The number of carbonyl (C=O) groups excluding carboxylic acids is 1. The second-order valence-corrected chi connectivity index (χ2v) is 6.28. The maximum Gasteiger partial charge on any atom is 0.337 e. The molecule has 0 aromatic heterocycles. The zero-order valence-electron chi connectivity index (χ0n) is 13.3. The summed E-state index contributed by atoms with van der Waals surface area (Å²) in [7, 11) is 2.89. The van der Waals surface area contributed by atoms with Crippen LogP contribution < -0.4 is 9.47 Å². The van der Waals surface area contributed by atoms with Crippen LogP contribution in [-0.4, -0.2) is 32.5 Å². The lowest BCUT2D eigenvalue weighted by Crippen LogP contribution is -2.28. The molecule has 1 atom stereocenters. The molecule has 0 saturated carbocycles. The van der Waals surface area contributed by atoms with E-state index in [2.05, 4.69) is 33.4 Å². The zero-order chi connectivity index (χ0) is 16.0. The van der Waals surface area contributed by atoms with Crippen molar-refractivity contribution in [2.45, 2.75) is 20.8 Å². The highest BCUT2D eigenvalue weighted by atomic mass is 32.1. The first kappa shape index (κ1) is 17.7. The molecule has 0 aliphatic rings. The molecule has 1 rings (SSSR count). The van der Waals surface area contributed by atoms with Gasteiger partial charge in [0.05, 0.1) is 26.4 Å². The molecule has 0 aliphatic heterocycles. The van der Waals surface area contributed by atoms with Crippen LogP contribution in [0.3, 0.4) is 0 Å². The molecule has 0 N–H and O–H groups in total. The number of methoxy groups -OCH3 is 2. The number of esters is 1. The van der Waals surface area contributed by atoms with E-state index in [1.807, 2.05) is 0 Å². The van der Waals surface area contributed by atoms with Crippen molar-refractivity contribution in [1.82, 2.24) is 0 Å². The van der Waals surface area contributed by atoms with Gasteiger partial charge in [-0.1, -0.05) is 20.8 Å². The lowest BCUT2D eigenvalue weighted by molar-refractivity contribution is 0.0600. The van der Waals surface area contributed by atoms with Crippen molar-refractivity contribution >= 4 is 18.6 Å². The normalized spacial score (nSPS) is 12.7. The van der Waals surface area contributed by atoms with Crippen molar-refractivity contribution < 1.29 is 19.0 Å². The molecular weight excluding hydrogens is 288 g/mol. The van der Waals surface area contributed by atoms with E-state index in [0.717, 1.165) is 5.75 Å². The number of benzene rings is 1. The second kappa shape index (κ2) is 7.59. The minimum atomic E-state index is -0.400. The van der Waals surface area contributed by atoms with Gasteiger partial charge in [0.2, 0.25) is 0 Å². The summed E-state index contributed by atoms with van der Waals surface area (Å²) in [6, 6.07) is 5.01. The number of carbonyl (C=O) groups is 1. The van der Waals surface area contributed by atoms with Gasteiger partial charge in [-0.05, 0) is 29.4 Å². The van der Waals surface area contributed by atoms with Crippen LogP contribution in [0.2, 0.25) is 0 Å². The lowest BCUT2D eigenvalue weighted by atomic mass is 9.82. The topological polar surface area (TPSA) is 44.8 Å². The first-order valence-electron chi connectivity index (χ1n) is 6.83. The molecule has 0 bridgehead atoms. The number of thiol groups is 1. The molecule has 0 amide bonds. The molecule has 0 radical (unpaired) electrons. The molecular formula is C16H24O4S. The Morgan fingerprint density at radius 2 is 1.90 bits per heavy atom. The van der Waals surface area contributed by atoms with Crippen molar-refractivity contribution in [2.24, 2.45) is 11.3 Å². The van der Waals surface area contributed by atoms with Gasteiger partial charge in [0.25, 0.3) is 0 Å². The third-order valence-electron chi connectivity index (χ3n) is 3.47. The Hall–Kier alpha value is -1.36. The summed E-state index contributed by atoms with van der Waals surface area (Å²) in [4.78, 5) is 11.5. The summed E-state index contributed by atoms with van der Waals surface area (Å²) in [5.74, 6) is 1.78. The second-order valence-electron chi connectivity index (χ2n) is 5.91. The Kier molecular flexibility index (Phi) is 6.40. The van der Waals surface area contributed by atoms with Crippen LogP contribution in [0.15, 0.2) is 18.2 Å². The molecule has 1 aromatic carbocycles. The van der Waals surface area contributed by atoms with Gasteiger partial charge in [-0.3, -0.25) is 0 Å². The predicted octanol–water partition coefficient (Wildman–Crippen LogP) is 3.45. The van der Waals surface area contributed by atoms with E-state index in [9.17, 15) is 4.79 Å². The molecule has 118 valence electrons. The average Bonchev–Trinajstić information content (AvgIpc) is 2.45. The summed E-state index contributed by atoms with van der Waals surface area (Å²) in [6.07, 6.45) is 0. The Morgan fingerprint density at radius 3 is 2.38 bits per heavy atom. The monoisotopic (exact) mass is 312 g/mol. The van der Waals surface area contributed by atoms with E-state index < -0.39 is 5.97 Å².